The number of rotatable bonds is 4. The third kappa shape index (κ3) is 4.18. The zero-order chi connectivity index (χ0) is 14.7. The fourth-order valence-electron chi connectivity index (χ4n) is 2.55. The molecular formula is C16H21ClN2O2S. The molecule has 120 valence electrons. The summed E-state index contributed by atoms with van der Waals surface area (Å²) < 4.78 is 5.77. The van der Waals surface area contributed by atoms with Crippen LogP contribution < -0.4 is 5.32 Å². The quantitative estimate of drug-likeness (QED) is 0.929. The summed E-state index contributed by atoms with van der Waals surface area (Å²) in [6, 6.07) is 10.2. The number of fused-ring (bicyclic) bond motifs is 1. The lowest BCUT2D eigenvalue weighted by Gasteiger charge is -2.25. The minimum Gasteiger partial charge on any atom is -0.459 e. The summed E-state index contributed by atoms with van der Waals surface area (Å²) in [5.74, 6) is 3.15. The number of benzene rings is 1. The van der Waals surface area contributed by atoms with E-state index in [-0.39, 0.29) is 18.3 Å². The van der Waals surface area contributed by atoms with Crippen LogP contribution in [0.25, 0.3) is 11.0 Å². The smallest absolute Gasteiger partial charge is 0.224 e. The molecule has 1 aromatic heterocycles. The number of furan rings is 1. The van der Waals surface area contributed by atoms with Crippen LogP contribution in [-0.4, -0.2) is 41.9 Å². The lowest BCUT2D eigenvalue weighted by molar-refractivity contribution is -0.131. The molecule has 3 rings (SSSR count). The molecule has 1 N–H and O–H groups in total. The first-order chi connectivity index (χ1) is 10.2. The molecule has 1 atom stereocenters. The topological polar surface area (TPSA) is 45.5 Å². The molecule has 0 radical (unpaired) electrons. The maximum atomic E-state index is 12.3. The molecule has 6 heteroatoms. The third-order valence-electron chi connectivity index (χ3n) is 3.71. The van der Waals surface area contributed by atoms with Crippen LogP contribution in [0.15, 0.2) is 34.7 Å². The van der Waals surface area contributed by atoms with Gasteiger partial charge in [0.2, 0.25) is 5.91 Å². The summed E-state index contributed by atoms with van der Waals surface area (Å²) in [5, 5.41) is 4.48. The van der Waals surface area contributed by atoms with Gasteiger partial charge >= 0.3 is 0 Å². The van der Waals surface area contributed by atoms with Crippen molar-refractivity contribution < 1.29 is 9.21 Å². The summed E-state index contributed by atoms with van der Waals surface area (Å²) in [6.07, 6.45) is 0.559. The number of amides is 1. The number of hydrogen-bond acceptors (Lipinski definition) is 4. The van der Waals surface area contributed by atoms with Crippen molar-refractivity contribution in [3.05, 3.63) is 36.1 Å². The average Bonchev–Trinajstić information content (AvgIpc) is 2.90. The first kappa shape index (κ1) is 17.2. The molecule has 0 aliphatic carbocycles. The van der Waals surface area contributed by atoms with Gasteiger partial charge in [0.1, 0.15) is 11.3 Å². The van der Waals surface area contributed by atoms with Gasteiger partial charge < -0.3 is 14.6 Å². The Balaban J connectivity index is 0.00000176. The Hall–Kier alpha value is -1.17. The van der Waals surface area contributed by atoms with Crippen molar-refractivity contribution in [3.8, 4) is 0 Å². The van der Waals surface area contributed by atoms with Crippen LogP contribution >= 0.6 is 24.2 Å². The van der Waals surface area contributed by atoms with Crippen molar-refractivity contribution >= 4 is 41.0 Å². The molecule has 0 bridgehead atoms. The average molecular weight is 341 g/mol. The van der Waals surface area contributed by atoms with Crippen molar-refractivity contribution in [1.82, 2.24) is 10.2 Å². The van der Waals surface area contributed by atoms with Crippen LogP contribution in [0.2, 0.25) is 0 Å². The minimum absolute atomic E-state index is 0. The summed E-state index contributed by atoms with van der Waals surface area (Å²) in [5.41, 5.74) is 0.874. The normalized spacial score (nSPS) is 18.0. The molecule has 22 heavy (non-hydrogen) atoms. The fourth-order valence-corrected chi connectivity index (χ4v) is 3.50. The van der Waals surface area contributed by atoms with Crippen LogP contribution in [0.3, 0.4) is 0 Å². The molecule has 1 aliphatic rings. The van der Waals surface area contributed by atoms with Gasteiger partial charge in [-0.1, -0.05) is 18.2 Å². The van der Waals surface area contributed by atoms with E-state index >= 15 is 0 Å². The minimum atomic E-state index is 0. The number of thioether (sulfide) groups is 1. The first-order valence-corrected chi connectivity index (χ1v) is 8.40. The van der Waals surface area contributed by atoms with Gasteiger partial charge in [-0.25, -0.2) is 0 Å². The van der Waals surface area contributed by atoms with E-state index in [0.29, 0.717) is 19.0 Å². The van der Waals surface area contributed by atoms with E-state index in [9.17, 15) is 4.79 Å². The predicted octanol–water partition coefficient (Wildman–Crippen LogP) is 2.91. The molecule has 1 unspecified atom stereocenters. The van der Waals surface area contributed by atoms with Gasteiger partial charge in [-0.05, 0) is 12.1 Å². The van der Waals surface area contributed by atoms with E-state index in [1.54, 1.807) is 4.90 Å². The summed E-state index contributed by atoms with van der Waals surface area (Å²) in [6.45, 7) is 1.52. The number of para-hydroxylation sites is 1. The number of carbonyl (C=O) groups is 1. The molecule has 2 aromatic rings. The Morgan fingerprint density at radius 3 is 3.00 bits per heavy atom. The Bertz CT molecular complexity index is 592. The SMILES string of the molecule is CN(Cc1cc2ccccc2o1)C(=O)CC1CSCCN1.Cl. The van der Waals surface area contributed by atoms with E-state index in [1.807, 2.05) is 49.1 Å². The summed E-state index contributed by atoms with van der Waals surface area (Å²) in [4.78, 5) is 14.0. The highest BCUT2D eigenvalue weighted by molar-refractivity contribution is 7.99. The van der Waals surface area contributed by atoms with E-state index in [4.69, 9.17) is 4.42 Å². The predicted molar refractivity (Wildman–Crippen MR) is 93.7 cm³/mol. The molecule has 2 heterocycles. The monoisotopic (exact) mass is 340 g/mol. The zero-order valence-corrected chi connectivity index (χ0v) is 14.2. The van der Waals surface area contributed by atoms with Crippen LogP contribution in [0.5, 0.6) is 0 Å². The van der Waals surface area contributed by atoms with Crippen molar-refractivity contribution in [3.63, 3.8) is 0 Å². The van der Waals surface area contributed by atoms with Crippen LogP contribution in [-0.2, 0) is 11.3 Å². The molecule has 0 spiro atoms. The molecule has 1 aliphatic heterocycles. The molecule has 1 fully saturated rings. The van der Waals surface area contributed by atoms with Gasteiger partial charge in [0, 0.05) is 42.9 Å². The van der Waals surface area contributed by atoms with Crippen LogP contribution in [0.1, 0.15) is 12.2 Å². The molecule has 1 saturated heterocycles. The van der Waals surface area contributed by atoms with Gasteiger partial charge in [-0.15, -0.1) is 12.4 Å². The van der Waals surface area contributed by atoms with Gasteiger partial charge in [0.05, 0.1) is 6.54 Å². The highest BCUT2D eigenvalue weighted by Gasteiger charge is 2.19. The Morgan fingerprint density at radius 1 is 1.45 bits per heavy atom. The highest BCUT2D eigenvalue weighted by Crippen LogP contribution is 2.20. The number of nitrogens with one attached hydrogen (secondary N) is 1. The maximum absolute atomic E-state index is 12.3. The molecule has 1 aromatic carbocycles. The standard InChI is InChI=1S/C16H20N2O2S.ClH/c1-18(16(19)9-13-11-21-7-6-17-13)10-14-8-12-4-2-3-5-15(12)20-14;/h2-5,8,13,17H,6-7,9-11H2,1H3;1H. The summed E-state index contributed by atoms with van der Waals surface area (Å²) >= 11 is 1.91. The maximum Gasteiger partial charge on any atom is 0.224 e. The Morgan fingerprint density at radius 2 is 2.27 bits per heavy atom. The summed E-state index contributed by atoms with van der Waals surface area (Å²) in [7, 11) is 1.84. The van der Waals surface area contributed by atoms with Crippen molar-refractivity contribution in [2.24, 2.45) is 0 Å². The van der Waals surface area contributed by atoms with Gasteiger partial charge in [0.25, 0.3) is 0 Å². The molecule has 1 amide bonds. The number of nitrogens with zero attached hydrogens (tertiary/aromatic N) is 1. The van der Waals surface area contributed by atoms with E-state index in [2.05, 4.69) is 5.32 Å². The Kier molecular flexibility index (Phi) is 6.17. The Labute approximate surface area is 141 Å². The second kappa shape index (κ2) is 7.90. The molecular weight excluding hydrogens is 320 g/mol. The van der Waals surface area contributed by atoms with Crippen molar-refractivity contribution in [2.45, 2.75) is 19.0 Å². The van der Waals surface area contributed by atoms with Gasteiger partial charge in [0.15, 0.2) is 0 Å². The molecule has 4 nitrogen and oxygen atoms in total. The van der Waals surface area contributed by atoms with Crippen molar-refractivity contribution in [2.75, 3.05) is 25.1 Å². The number of halogens is 1. The zero-order valence-electron chi connectivity index (χ0n) is 12.6. The number of hydrogen-bond donors (Lipinski definition) is 1. The van der Waals surface area contributed by atoms with E-state index in [1.165, 1.54) is 0 Å². The highest BCUT2D eigenvalue weighted by atomic mass is 35.5. The van der Waals surface area contributed by atoms with Crippen LogP contribution in [0.4, 0.5) is 0 Å². The largest absolute Gasteiger partial charge is 0.459 e. The number of carbonyl (C=O) groups excluding carboxylic acids is 1. The second-order valence-corrected chi connectivity index (χ2v) is 6.58. The molecule has 0 saturated carbocycles. The lowest BCUT2D eigenvalue weighted by atomic mass is 10.2. The van der Waals surface area contributed by atoms with E-state index in [0.717, 1.165) is 34.8 Å². The van der Waals surface area contributed by atoms with Crippen molar-refractivity contribution in [1.29, 1.82) is 0 Å². The van der Waals surface area contributed by atoms with Gasteiger partial charge in [-0.3, -0.25) is 4.79 Å². The van der Waals surface area contributed by atoms with E-state index < -0.39 is 0 Å². The third-order valence-corrected chi connectivity index (χ3v) is 4.85. The lowest BCUT2D eigenvalue weighted by Crippen LogP contribution is -2.41. The van der Waals surface area contributed by atoms with Gasteiger partial charge in [-0.2, -0.15) is 11.8 Å². The first-order valence-electron chi connectivity index (χ1n) is 7.25. The second-order valence-electron chi connectivity index (χ2n) is 5.43. The van der Waals surface area contributed by atoms with Crippen LogP contribution in [0, 0.1) is 0 Å². The fraction of sp³-hybridized carbons (Fsp3) is 0.438.